The van der Waals surface area contributed by atoms with Crippen LogP contribution in [0.4, 0.5) is 10.2 Å². The monoisotopic (exact) mass is 377 g/mol. The minimum atomic E-state index is -1.37. The molecule has 0 spiro atoms. The number of alkyl halides is 1. The molecule has 5 rings (SSSR count). The Balaban J connectivity index is 1.38. The van der Waals surface area contributed by atoms with E-state index in [9.17, 15) is 0 Å². The van der Waals surface area contributed by atoms with E-state index >= 15 is 4.39 Å². The molecule has 1 N–H and O–H groups in total. The number of likely N-dealkylation sites (tertiary alicyclic amines) is 1. The smallest absolute Gasteiger partial charge is 0.175 e. The molecule has 2 aliphatic rings. The van der Waals surface area contributed by atoms with Crippen LogP contribution in [0, 0.1) is 6.92 Å². The predicted octanol–water partition coefficient (Wildman–Crippen LogP) is 4.06. The molecule has 1 aromatic carbocycles. The SMILES string of the molecule is C=C(Nc1cc2cc(-c3cnc(C)n3C)ccc2cn1)C1(F)CN(C2CC2)C1. The third-order valence-corrected chi connectivity index (χ3v) is 6.03. The second-order valence-corrected chi connectivity index (χ2v) is 8.09. The highest BCUT2D eigenvalue weighted by atomic mass is 19.1. The first-order valence-electron chi connectivity index (χ1n) is 9.71. The van der Waals surface area contributed by atoms with Crippen molar-refractivity contribution in [1.29, 1.82) is 0 Å². The van der Waals surface area contributed by atoms with Gasteiger partial charge in [0.15, 0.2) is 5.67 Å². The number of hydrogen-bond donors (Lipinski definition) is 1. The van der Waals surface area contributed by atoms with E-state index in [0.29, 0.717) is 30.6 Å². The van der Waals surface area contributed by atoms with Gasteiger partial charge in [-0.1, -0.05) is 18.7 Å². The van der Waals surface area contributed by atoms with Gasteiger partial charge >= 0.3 is 0 Å². The number of aromatic nitrogens is 3. The van der Waals surface area contributed by atoms with Crippen LogP contribution in [0.15, 0.2) is 48.9 Å². The Labute approximate surface area is 163 Å². The number of benzene rings is 1. The molecule has 1 saturated heterocycles. The Morgan fingerprint density at radius 2 is 1.96 bits per heavy atom. The van der Waals surface area contributed by atoms with Crippen molar-refractivity contribution in [2.24, 2.45) is 7.05 Å². The number of halogens is 1. The fourth-order valence-corrected chi connectivity index (χ4v) is 3.89. The van der Waals surface area contributed by atoms with Crippen LogP contribution < -0.4 is 5.32 Å². The van der Waals surface area contributed by atoms with Gasteiger partial charge in [-0.3, -0.25) is 4.90 Å². The number of fused-ring (bicyclic) bond motifs is 1. The Morgan fingerprint density at radius 1 is 1.18 bits per heavy atom. The average Bonchev–Trinajstić information content (AvgIpc) is 3.44. The summed E-state index contributed by atoms with van der Waals surface area (Å²) in [5.41, 5.74) is 1.18. The lowest BCUT2D eigenvalue weighted by Crippen LogP contribution is -2.61. The Kier molecular flexibility index (Phi) is 3.81. The highest BCUT2D eigenvalue weighted by molar-refractivity contribution is 5.88. The van der Waals surface area contributed by atoms with E-state index in [1.54, 1.807) is 0 Å². The summed E-state index contributed by atoms with van der Waals surface area (Å²) in [6, 6.07) is 8.78. The largest absolute Gasteiger partial charge is 0.341 e. The van der Waals surface area contributed by atoms with E-state index in [1.807, 2.05) is 32.4 Å². The number of hydrogen-bond acceptors (Lipinski definition) is 4. The summed E-state index contributed by atoms with van der Waals surface area (Å²) in [4.78, 5) is 11.0. The minimum Gasteiger partial charge on any atom is -0.341 e. The van der Waals surface area contributed by atoms with Crippen LogP contribution in [-0.2, 0) is 7.05 Å². The Hall–Kier alpha value is -2.73. The lowest BCUT2D eigenvalue weighted by molar-refractivity contribution is -0.00806. The normalized spacial score (nSPS) is 18.8. The number of anilines is 1. The molecule has 0 radical (unpaired) electrons. The maximum atomic E-state index is 15.0. The van der Waals surface area contributed by atoms with Crippen LogP contribution >= 0.6 is 0 Å². The predicted molar refractivity (Wildman–Crippen MR) is 110 cm³/mol. The van der Waals surface area contributed by atoms with E-state index in [2.05, 4.69) is 49.5 Å². The molecule has 2 fully saturated rings. The molecular formula is C22H24FN5. The molecule has 5 nitrogen and oxygen atoms in total. The molecule has 2 aromatic heterocycles. The van der Waals surface area contributed by atoms with Gasteiger partial charge in [-0.25, -0.2) is 14.4 Å². The quantitative estimate of drug-likeness (QED) is 0.728. The molecular weight excluding hydrogens is 353 g/mol. The van der Waals surface area contributed by atoms with Gasteiger partial charge in [-0.15, -0.1) is 0 Å². The topological polar surface area (TPSA) is 46.0 Å². The fraction of sp³-hybridized carbons (Fsp3) is 0.364. The third kappa shape index (κ3) is 2.88. The van der Waals surface area contributed by atoms with Crippen LogP contribution in [0.3, 0.4) is 0 Å². The lowest BCUT2D eigenvalue weighted by Gasteiger charge is -2.45. The van der Waals surface area contributed by atoms with Gasteiger partial charge in [0.2, 0.25) is 0 Å². The van der Waals surface area contributed by atoms with E-state index in [-0.39, 0.29) is 0 Å². The standard InChI is InChI=1S/C22H24FN5/c1-14(22(23)12-28(13-22)19-6-7-19)26-21-9-18-8-16(4-5-17(18)10-25-21)20-11-24-15(2)27(20)3/h4-5,8-11,19H,1,6-7,12-13H2,2-3H3,(H,25,26). The van der Waals surface area contributed by atoms with Crippen molar-refractivity contribution >= 4 is 16.6 Å². The summed E-state index contributed by atoms with van der Waals surface area (Å²) < 4.78 is 17.1. The summed E-state index contributed by atoms with van der Waals surface area (Å²) >= 11 is 0. The van der Waals surface area contributed by atoms with Crippen molar-refractivity contribution in [1.82, 2.24) is 19.4 Å². The van der Waals surface area contributed by atoms with E-state index in [4.69, 9.17) is 0 Å². The summed E-state index contributed by atoms with van der Waals surface area (Å²) in [6.07, 6.45) is 6.08. The maximum Gasteiger partial charge on any atom is 0.175 e. The summed E-state index contributed by atoms with van der Waals surface area (Å²) in [5, 5.41) is 5.19. The highest BCUT2D eigenvalue weighted by Gasteiger charge is 2.50. The van der Waals surface area contributed by atoms with E-state index in [0.717, 1.165) is 27.9 Å². The molecule has 28 heavy (non-hydrogen) atoms. The van der Waals surface area contributed by atoms with Gasteiger partial charge in [0.25, 0.3) is 0 Å². The molecule has 144 valence electrons. The fourth-order valence-electron chi connectivity index (χ4n) is 3.89. The molecule has 0 amide bonds. The average molecular weight is 377 g/mol. The molecule has 1 aliphatic heterocycles. The molecule has 1 saturated carbocycles. The lowest BCUT2D eigenvalue weighted by atomic mass is 9.92. The molecule has 0 unspecified atom stereocenters. The number of pyridine rings is 1. The van der Waals surface area contributed by atoms with Crippen LogP contribution in [0.2, 0.25) is 0 Å². The number of nitrogens with zero attached hydrogens (tertiary/aromatic N) is 4. The van der Waals surface area contributed by atoms with Crippen molar-refractivity contribution in [3.63, 3.8) is 0 Å². The summed E-state index contributed by atoms with van der Waals surface area (Å²) in [5.74, 6) is 1.59. The zero-order valence-corrected chi connectivity index (χ0v) is 16.2. The molecule has 3 aromatic rings. The number of nitrogens with one attached hydrogen (secondary N) is 1. The minimum absolute atomic E-state index is 0.398. The van der Waals surface area contributed by atoms with Crippen LogP contribution in [0.1, 0.15) is 18.7 Å². The third-order valence-electron chi connectivity index (χ3n) is 6.03. The van der Waals surface area contributed by atoms with E-state index in [1.165, 1.54) is 12.8 Å². The Bertz CT molecular complexity index is 1080. The first-order chi connectivity index (χ1) is 13.4. The summed E-state index contributed by atoms with van der Waals surface area (Å²) in [7, 11) is 2.01. The van der Waals surface area contributed by atoms with Gasteiger partial charge in [-0.2, -0.15) is 0 Å². The van der Waals surface area contributed by atoms with Crippen molar-refractivity contribution in [3.05, 3.63) is 54.8 Å². The van der Waals surface area contributed by atoms with E-state index < -0.39 is 5.67 Å². The molecule has 6 heteroatoms. The number of rotatable bonds is 5. The van der Waals surface area contributed by atoms with Gasteiger partial charge < -0.3 is 9.88 Å². The second kappa shape index (κ2) is 6.14. The van der Waals surface area contributed by atoms with Crippen molar-refractivity contribution in [3.8, 4) is 11.3 Å². The van der Waals surface area contributed by atoms with Crippen LogP contribution in [0.5, 0.6) is 0 Å². The molecule has 0 bridgehead atoms. The maximum absolute atomic E-state index is 15.0. The van der Waals surface area contributed by atoms with Crippen molar-refractivity contribution in [2.75, 3.05) is 18.4 Å². The number of aryl methyl sites for hydroxylation is 1. The molecule has 3 heterocycles. The van der Waals surface area contributed by atoms with Gasteiger partial charge in [0.05, 0.1) is 11.9 Å². The van der Waals surface area contributed by atoms with Crippen LogP contribution in [-0.4, -0.2) is 44.2 Å². The Morgan fingerprint density at radius 3 is 2.64 bits per heavy atom. The van der Waals surface area contributed by atoms with Gasteiger partial charge in [-0.05, 0) is 37.3 Å². The van der Waals surface area contributed by atoms with Gasteiger partial charge in [0, 0.05) is 49.0 Å². The first-order valence-corrected chi connectivity index (χ1v) is 9.71. The second-order valence-electron chi connectivity index (χ2n) is 8.09. The zero-order chi connectivity index (χ0) is 19.5. The number of imidazole rings is 1. The highest BCUT2D eigenvalue weighted by Crippen LogP contribution is 2.40. The van der Waals surface area contributed by atoms with Gasteiger partial charge in [0.1, 0.15) is 11.6 Å². The van der Waals surface area contributed by atoms with Crippen LogP contribution in [0.25, 0.3) is 22.0 Å². The van der Waals surface area contributed by atoms with Crippen molar-refractivity contribution in [2.45, 2.75) is 31.5 Å². The first kappa shape index (κ1) is 17.4. The molecule has 1 aliphatic carbocycles. The zero-order valence-electron chi connectivity index (χ0n) is 16.2. The summed E-state index contributed by atoms with van der Waals surface area (Å²) in [6.45, 7) is 6.80. The molecule has 0 atom stereocenters. The van der Waals surface area contributed by atoms with Crippen molar-refractivity contribution < 1.29 is 4.39 Å².